The lowest BCUT2D eigenvalue weighted by atomic mass is 9.97. The normalized spacial score (nSPS) is 11.1. The Bertz CT molecular complexity index is 455. The van der Waals surface area contributed by atoms with Crippen LogP contribution < -0.4 is 4.74 Å². The number of Topliss-reactive ketones (excluding diaryl/α,β-unsaturated/α-hetero) is 1. The number of ether oxygens (including phenoxy) is 1. The van der Waals surface area contributed by atoms with Gasteiger partial charge >= 0.3 is 5.97 Å². The molecule has 0 amide bonds. The van der Waals surface area contributed by atoms with Gasteiger partial charge in [0.1, 0.15) is 11.5 Å². The minimum Gasteiger partial charge on any atom is -0.508 e. The van der Waals surface area contributed by atoms with E-state index in [2.05, 4.69) is 0 Å². The third-order valence-corrected chi connectivity index (χ3v) is 2.12. The fourth-order valence-electron chi connectivity index (χ4n) is 1.11. The molecule has 0 saturated carbocycles. The number of phenolic OH excluding ortho intramolecular Hbond substituents is 1. The number of rotatable bonds is 2. The molecule has 1 aromatic rings. The van der Waals surface area contributed by atoms with Gasteiger partial charge in [0.25, 0.3) is 0 Å². The van der Waals surface area contributed by atoms with Gasteiger partial charge in [0.05, 0.1) is 5.41 Å². The predicted molar refractivity (Wildman–Crippen MR) is 63.2 cm³/mol. The van der Waals surface area contributed by atoms with Crippen LogP contribution in [0.15, 0.2) is 18.2 Å². The summed E-state index contributed by atoms with van der Waals surface area (Å²) in [5, 5.41) is 9.41. The Morgan fingerprint density at radius 1 is 1.18 bits per heavy atom. The SMILES string of the molecule is CC(=O)c1cc(O)cc(OC(=O)C(C)(C)C)c1. The number of carbonyl (C=O) groups is 2. The second kappa shape index (κ2) is 4.57. The number of hydrogen-bond acceptors (Lipinski definition) is 4. The summed E-state index contributed by atoms with van der Waals surface area (Å²) in [4.78, 5) is 22.8. The lowest BCUT2D eigenvalue weighted by molar-refractivity contribution is -0.143. The Morgan fingerprint density at radius 3 is 2.24 bits per heavy atom. The van der Waals surface area contributed by atoms with Crippen molar-refractivity contribution in [2.24, 2.45) is 5.41 Å². The lowest BCUT2D eigenvalue weighted by Crippen LogP contribution is -2.25. The molecule has 0 saturated heterocycles. The highest BCUT2D eigenvalue weighted by molar-refractivity contribution is 5.95. The van der Waals surface area contributed by atoms with Crippen LogP contribution in [0.3, 0.4) is 0 Å². The van der Waals surface area contributed by atoms with Gasteiger partial charge in [-0.05, 0) is 39.8 Å². The first-order valence-electron chi connectivity index (χ1n) is 5.27. The molecule has 1 N–H and O–H groups in total. The molecule has 4 heteroatoms. The molecule has 0 unspecified atom stereocenters. The molecule has 17 heavy (non-hydrogen) atoms. The zero-order valence-corrected chi connectivity index (χ0v) is 10.4. The van der Waals surface area contributed by atoms with Crippen LogP contribution in [0.25, 0.3) is 0 Å². The van der Waals surface area contributed by atoms with Gasteiger partial charge in [-0.1, -0.05) is 0 Å². The summed E-state index contributed by atoms with van der Waals surface area (Å²) in [7, 11) is 0. The van der Waals surface area contributed by atoms with E-state index in [1.165, 1.54) is 25.1 Å². The maximum absolute atomic E-state index is 11.6. The Kier molecular flexibility index (Phi) is 3.56. The fourth-order valence-corrected chi connectivity index (χ4v) is 1.11. The second-order valence-electron chi connectivity index (χ2n) is 4.91. The second-order valence-corrected chi connectivity index (χ2v) is 4.91. The average Bonchev–Trinajstić information content (AvgIpc) is 2.14. The van der Waals surface area contributed by atoms with Crippen molar-refractivity contribution >= 4 is 11.8 Å². The van der Waals surface area contributed by atoms with E-state index in [0.717, 1.165) is 0 Å². The Morgan fingerprint density at radius 2 is 1.76 bits per heavy atom. The standard InChI is InChI=1S/C13H16O4/c1-8(14)9-5-10(15)7-11(6-9)17-12(16)13(2,3)4/h5-7,15H,1-4H3. The number of carbonyl (C=O) groups excluding carboxylic acids is 2. The van der Waals surface area contributed by atoms with Crippen LogP contribution in [0.5, 0.6) is 11.5 Å². The van der Waals surface area contributed by atoms with E-state index in [-0.39, 0.29) is 17.3 Å². The summed E-state index contributed by atoms with van der Waals surface area (Å²) in [6.07, 6.45) is 0. The molecule has 0 aliphatic rings. The molecular formula is C13H16O4. The van der Waals surface area contributed by atoms with Crippen LogP contribution >= 0.6 is 0 Å². The fraction of sp³-hybridized carbons (Fsp3) is 0.385. The van der Waals surface area contributed by atoms with Gasteiger partial charge in [-0.25, -0.2) is 0 Å². The summed E-state index contributed by atoms with van der Waals surface area (Å²) < 4.78 is 5.10. The van der Waals surface area contributed by atoms with E-state index < -0.39 is 11.4 Å². The van der Waals surface area contributed by atoms with Crippen LogP contribution in [0.2, 0.25) is 0 Å². The number of ketones is 1. The van der Waals surface area contributed by atoms with Gasteiger partial charge in [0.15, 0.2) is 5.78 Å². The van der Waals surface area contributed by atoms with Crippen LogP contribution in [-0.4, -0.2) is 16.9 Å². The van der Waals surface area contributed by atoms with E-state index in [0.29, 0.717) is 5.56 Å². The number of benzene rings is 1. The van der Waals surface area contributed by atoms with E-state index in [4.69, 9.17) is 4.74 Å². The number of esters is 1. The van der Waals surface area contributed by atoms with Crippen LogP contribution in [-0.2, 0) is 4.79 Å². The Labute approximate surface area is 100 Å². The molecule has 0 atom stereocenters. The molecule has 1 rings (SSSR count). The van der Waals surface area contributed by atoms with E-state index in [1.54, 1.807) is 20.8 Å². The number of aromatic hydroxyl groups is 1. The van der Waals surface area contributed by atoms with Gasteiger partial charge in [0, 0.05) is 11.6 Å². The molecule has 0 aliphatic carbocycles. The van der Waals surface area contributed by atoms with Gasteiger partial charge in [-0.15, -0.1) is 0 Å². The maximum Gasteiger partial charge on any atom is 0.316 e. The van der Waals surface area contributed by atoms with E-state index >= 15 is 0 Å². The molecule has 4 nitrogen and oxygen atoms in total. The minimum absolute atomic E-state index is 0.102. The first kappa shape index (κ1) is 13.2. The van der Waals surface area contributed by atoms with E-state index in [1.807, 2.05) is 0 Å². The zero-order chi connectivity index (χ0) is 13.2. The van der Waals surface area contributed by atoms with Gasteiger partial charge in [-0.3, -0.25) is 9.59 Å². The van der Waals surface area contributed by atoms with Crippen molar-refractivity contribution in [1.29, 1.82) is 0 Å². The third kappa shape index (κ3) is 3.59. The third-order valence-electron chi connectivity index (χ3n) is 2.12. The Balaban J connectivity index is 3.00. The maximum atomic E-state index is 11.6. The summed E-state index contributed by atoms with van der Waals surface area (Å²) in [5.41, 5.74) is -0.330. The van der Waals surface area contributed by atoms with Gasteiger partial charge in [0.2, 0.25) is 0 Å². The van der Waals surface area contributed by atoms with Crippen LogP contribution in [0.1, 0.15) is 38.1 Å². The monoisotopic (exact) mass is 236 g/mol. The summed E-state index contributed by atoms with van der Waals surface area (Å²) in [6, 6.07) is 4.07. The highest BCUT2D eigenvalue weighted by Crippen LogP contribution is 2.25. The topological polar surface area (TPSA) is 63.6 Å². The minimum atomic E-state index is -0.637. The molecule has 92 valence electrons. The van der Waals surface area contributed by atoms with Crippen LogP contribution in [0, 0.1) is 5.41 Å². The van der Waals surface area contributed by atoms with Crippen molar-refractivity contribution in [2.75, 3.05) is 0 Å². The lowest BCUT2D eigenvalue weighted by Gasteiger charge is -2.16. The highest BCUT2D eigenvalue weighted by Gasteiger charge is 2.24. The molecule has 0 spiro atoms. The van der Waals surface area contributed by atoms with Gasteiger partial charge < -0.3 is 9.84 Å². The van der Waals surface area contributed by atoms with Crippen molar-refractivity contribution in [1.82, 2.24) is 0 Å². The highest BCUT2D eigenvalue weighted by atomic mass is 16.5. The first-order valence-corrected chi connectivity index (χ1v) is 5.27. The summed E-state index contributed by atoms with van der Waals surface area (Å²) in [6.45, 7) is 6.56. The van der Waals surface area contributed by atoms with E-state index in [9.17, 15) is 14.7 Å². The molecule has 0 heterocycles. The molecule has 0 aromatic heterocycles. The smallest absolute Gasteiger partial charge is 0.316 e. The van der Waals surface area contributed by atoms with Crippen molar-refractivity contribution in [2.45, 2.75) is 27.7 Å². The van der Waals surface area contributed by atoms with Crippen LogP contribution in [0.4, 0.5) is 0 Å². The predicted octanol–water partition coefficient (Wildman–Crippen LogP) is 2.55. The van der Waals surface area contributed by atoms with Crippen molar-refractivity contribution in [3.63, 3.8) is 0 Å². The Hall–Kier alpha value is -1.84. The summed E-state index contributed by atoms with van der Waals surface area (Å²) in [5.74, 6) is -0.545. The average molecular weight is 236 g/mol. The van der Waals surface area contributed by atoms with Crippen molar-refractivity contribution in [3.8, 4) is 11.5 Å². The zero-order valence-electron chi connectivity index (χ0n) is 10.4. The quantitative estimate of drug-likeness (QED) is 0.487. The first-order chi connectivity index (χ1) is 7.70. The molecule has 0 fully saturated rings. The van der Waals surface area contributed by atoms with Crippen molar-refractivity contribution < 1.29 is 19.4 Å². The number of hydrogen-bond donors (Lipinski definition) is 1. The molecule has 0 bridgehead atoms. The molecular weight excluding hydrogens is 220 g/mol. The largest absolute Gasteiger partial charge is 0.508 e. The van der Waals surface area contributed by atoms with Crippen molar-refractivity contribution in [3.05, 3.63) is 23.8 Å². The summed E-state index contributed by atoms with van der Waals surface area (Å²) >= 11 is 0. The molecule has 0 radical (unpaired) electrons. The molecule has 0 aliphatic heterocycles. The van der Waals surface area contributed by atoms with Gasteiger partial charge in [-0.2, -0.15) is 0 Å². The number of phenols is 1. The molecule has 1 aromatic carbocycles.